The van der Waals surface area contributed by atoms with E-state index in [1.807, 2.05) is 60.9 Å². The van der Waals surface area contributed by atoms with E-state index >= 15 is 0 Å². The number of fused-ring (bicyclic) bond motifs is 1. The second kappa shape index (κ2) is 10.5. The Bertz CT molecular complexity index is 1590. The summed E-state index contributed by atoms with van der Waals surface area (Å²) >= 11 is 3.01. The molecule has 36 heavy (non-hydrogen) atoms. The van der Waals surface area contributed by atoms with E-state index in [4.69, 9.17) is 4.74 Å². The Hall–Kier alpha value is -3.69. The van der Waals surface area contributed by atoms with Crippen molar-refractivity contribution >= 4 is 33.3 Å². The van der Waals surface area contributed by atoms with Gasteiger partial charge >= 0.3 is 0 Å². The fourth-order valence-electron chi connectivity index (χ4n) is 3.94. The van der Waals surface area contributed by atoms with Gasteiger partial charge in [-0.3, -0.25) is 9.36 Å². The van der Waals surface area contributed by atoms with Gasteiger partial charge in [-0.05, 0) is 31.0 Å². The van der Waals surface area contributed by atoms with Crippen molar-refractivity contribution in [3.8, 4) is 16.9 Å². The van der Waals surface area contributed by atoms with Gasteiger partial charge in [-0.1, -0.05) is 66.4 Å². The second-order valence-electron chi connectivity index (χ2n) is 8.21. The van der Waals surface area contributed by atoms with Crippen LogP contribution in [0, 0.1) is 13.8 Å². The van der Waals surface area contributed by atoms with Crippen LogP contribution in [-0.2, 0) is 18.9 Å². The highest BCUT2D eigenvalue weighted by Gasteiger charge is 2.16. The largest absolute Gasteiger partial charge is 0.485 e. The summed E-state index contributed by atoms with van der Waals surface area (Å²) in [7, 11) is 0. The van der Waals surface area contributed by atoms with Crippen molar-refractivity contribution < 1.29 is 4.74 Å². The van der Waals surface area contributed by atoms with E-state index in [2.05, 4.69) is 38.9 Å². The predicted octanol–water partition coefficient (Wildman–Crippen LogP) is 5.92. The molecule has 7 nitrogen and oxygen atoms in total. The summed E-state index contributed by atoms with van der Waals surface area (Å²) in [6.45, 7) is 8.65. The summed E-state index contributed by atoms with van der Waals surface area (Å²) < 4.78 is 8.16. The number of benzene rings is 2. The quantitative estimate of drug-likeness (QED) is 0.194. The highest BCUT2D eigenvalue weighted by atomic mass is 32.2. The van der Waals surface area contributed by atoms with Crippen LogP contribution < -0.4 is 10.3 Å². The number of aryl methyl sites for hydroxylation is 2. The van der Waals surface area contributed by atoms with Crippen molar-refractivity contribution in [2.75, 3.05) is 0 Å². The lowest BCUT2D eigenvalue weighted by molar-refractivity contribution is 0.290. The van der Waals surface area contributed by atoms with Crippen LogP contribution in [-0.4, -0.2) is 24.7 Å². The van der Waals surface area contributed by atoms with Gasteiger partial charge in [0.15, 0.2) is 11.0 Å². The number of aromatic amines is 1. The van der Waals surface area contributed by atoms with Crippen molar-refractivity contribution in [1.82, 2.24) is 24.7 Å². The number of thioether (sulfide) groups is 1. The van der Waals surface area contributed by atoms with Gasteiger partial charge in [-0.2, -0.15) is 0 Å². The molecule has 5 aromatic rings. The Morgan fingerprint density at radius 2 is 1.89 bits per heavy atom. The topological polar surface area (TPSA) is 85.7 Å². The first kappa shape index (κ1) is 24.0. The number of hydrogen-bond acceptors (Lipinski definition) is 7. The van der Waals surface area contributed by atoms with Crippen LogP contribution in [0.5, 0.6) is 5.75 Å². The third-order valence-electron chi connectivity index (χ3n) is 5.86. The second-order valence-corrected chi connectivity index (χ2v) is 10.4. The van der Waals surface area contributed by atoms with Crippen LogP contribution in [0.15, 0.2) is 77.2 Å². The van der Waals surface area contributed by atoms with E-state index in [9.17, 15) is 4.79 Å². The van der Waals surface area contributed by atoms with Crippen molar-refractivity contribution in [1.29, 1.82) is 0 Å². The number of hydrogen-bond donors (Lipinski definition) is 1. The molecule has 2 aromatic carbocycles. The summed E-state index contributed by atoms with van der Waals surface area (Å²) in [5.41, 5.74) is 3.00. The van der Waals surface area contributed by atoms with Crippen LogP contribution in [0.1, 0.15) is 22.1 Å². The van der Waals surface area contributed by atoms with E-state index in [1.165, 1.54) is 11.8 Å². The van der Waals surface area contributed by atoms with Gasteiger partial charge in [-0.25, -0.2) is 4.98 Å². The van der Waals surface area contributed by atoms with E-state index in [1.54, 1.807) is 17.4 Å². The number of allylic oxidation sites excluding steroid dienone is 1. The Morgan fingerprint density at radius 1 is 1.11 bits per heavy atom. The van der Waals surface area contributed by atoms with Gasteiger partial charge in [-0.15, -0.1) is 28.1 Å². The molecular weight excluding hydrogens is 490 g/mol. The molecule has 0 atom stereocenters. The smallest absolute Gasteiger partial charge is 0.259 e. The Labute approximate surface area is 216 Å². The highest BCUT2D eigenvalue weighted by Crippen LogP contribution is 2.31. The first-order valence-corrected chi connectivity index (χ1v) is 13.3. The van der Waals surface area contributed by atoms with Crippen LogP contribution in [0.3, 0.4) is 0 Å². The Morgan fingerprint density at radius 3 is 2.69 bits per heavy atom. The predicted molar refractivity (Wildman–Crippen MR) is 146 cm³/mol. The number of thiophene rings is 1. The maximum Gasteiger partial charge on any atom is 0.259 e. The average Bonchev–Trinajstić information content (AvgIpc) is 3.41. The zero-order chi connectivity index (χ0) is 25.1. The molecule has 0 bridgehead atoms. The van der Waals surface area contributed by atoms with E-state index in [0.717, 1.165) is 32.1 Å². The Kier molecular flexibility index (Phi) is 7.02. The first-order chi connectivity index (χ1) is 17.5. The van der Waals surface area contributed by atoms with Crippen molar-refractivity contribution in [2.45, 2.75) is 37.9 Å². The average molecular weight is 516 g/mol. The summed E-state index contributed by atoms with van der Waals surface area (Å²) in [4.78, 5) is 22.1. The van der Waals surface area contributed by atoms with Gasteiger partial charge in [0, 0.05) is 17.0 Å². The SMILES string of the molecule is C=CCn1c(COc2ccccc2-c2ccccc2)nnc1SCc1nc2sc(C)c(C)c2c(=O)[nH]1. The van der Waals surface area contributed by atoms with Gasteiger partial charge in [0.05, 0.1) is 11.1 Å². The lowest BCUT2D eigenvalue weighted by atomic mass is 10.1. The van der Waals surface area contributed by atoms with Gasteiger partial charge in [0.25, 0.3) is 5.56 Å². The number of para-hydroxylation sites is 1. The number of H-pyrrole nitrogens is 1. The number of ether oxygens (including phenoxy) is 1. The zero-order valence-corrected chi connectivity index (χ0v) is 21.7. The molecule has 182 valence electrons. The fraction of sp³-hybridized carbons (Fsp3) is 0.185. The molecule has 3 aromatic heterocycles. The van der Waals surface area contributed by atoms with Crippen LogP contribution in [0.25, 0.3) is 21.3 Å². The summed E-state index contributed by atoms with van der Waals surface area (Å²) in [6.07, 6.45) is 1.80. The third kappa shape index (κ3) is 4.84. The van der Waals surface area contributed by atoms with Gasteiger partial charge < -0.3 is 9.72 Å². The van der Waals surface area contributed by atoms with Crippen LogP contribution in [0.4, 0.5) is 0 Å². The molecule has 0 saturated heterocycles. The van der Waals surface area contributed by atoms with Gasteiger partial charge in [0.1, 0.15) is 23.0 Å². The fourth-order valence-corrected chi connectivity index (χ4v) is 5.82. The lowest BCUT2D eigenvalue weighted by Crippen LogP contribution is -2.11. The molecule has 0 aliphatic heterocycles. The normalized spacial score (nSPS) is 11.2. The zero-order valence-electron chi connectivity index (χ0n) is 20.0. The number of nitrogens with one attached hydrogen (secondary N) is 1. The summed E-state index contributed by atoms with van der Waals surface area (Å²) in [5, 5.41) is 10.1. The number of nitrogens with zero attached hydrogens (tertiary/aromatic N) is 4. The number of rotatable bonds is 9. The molecule has 5 rings (SSSR count). The minimum Gasteiger partial charge on any atom is -0.485 e. The van der Waals surface area contributed by atoms with E-state index < -0.39 is 0 Å². The first-order valence-electron chi connectivity index (χ1n) is 11.5. The summed E-state index contributed by atoms with van der Waals surface area (Å²) in [5.74, 6) is 2.56. The minimum absolute atomic E-state index is 0.101. The maximum absolute atomic E-state index is 12.6. The number of aromatic nitrogens is 5. The third-order valence-corrected chi connectivity index (χ3v) is 7.94. The van der Waals surface area contributed by atoms with E-state index in [-0.39, 0.29) is 12.2 Å². The summed E-state index contributed by atoms with van der Waals surface area (Å²) in [6, 6.07) is 18.1. The minimum atomic E-state index is -0.101. The molecule has 0 unspecified atom stereocenters. The maximum atomic E-state index is 12.6. The molecular formula is C27H25N5O2S2. The molecule has 0 radical (unpaired) electrons. The standard InChI is InChI=1S/C27H25N5O2S2/c1-4-14-32-23(15-34-21-13-9-8-12-20(21)19-10-6-5-7-11-19)30-31-27(32)35-16-22-28-25(33)24-17(2)18(3)36-26(24)29-22/h4-13H,1,14-16H2,2-3H3,(H,28,29,33). The van der Waals surface area contributed by atoms with Crippen LogP contribution >= 0.6 is 23.1 Å². The molecule has 1 N–H and O–H groups in total. The molecule has 0 fully saturated rings. The van der Waals surface area contributed by atoms with Crippen molar-refractivity contribution in [2.24, 2.45) is 0 Å². The molecule has 0 saturated carbocycles. The van der Waals surface area contributed by atoms with Crippen LogP contribution in [0.2, 0.25) is 0 Å². The van der Waals surface area contributed by atoms with Crippen molar-refractivity contribution in [3.63, 3.8) is 0 Å². The van der Waals surface area contributed by atoms with Gasteiger partial charge in [0.2, 0.25) is 0 Å². The molecule has 0 aliphatic rings. The lowest BCUT2D eigenvalue weighted by Gasteiger charge is -2.12. The highest BCUT2D eigenvalue weighted by molar-refractivity contribution is 7.98. The molecule has 0 aliphatic carbocycles. The molecule has 0 amide bonds. The van der Waals surface area contributed by atoms with E-state index in [0.29, 0.717) is 34.5 Å². The van der Waals surface area contributed by atoms with Crippen molar-refractivity contribution in [3.05, 3.63) is 99.7 Å². The molecule has 3 heterocycles. The Balaban J connectivity index is 1.34. The molecule has 9 heteroatoms. The molecule has 0 spiro atoms. The monoisotopic (exact) mass is 515 g/mol.